The van der Waals surface area contributed by atoms with E-state index in [0.717, 1.165) is 14.5 Å². The van der Waals surface area contributed by atoms with Crippen LogP contribution >= 0.6 is 55.1 Å². The minimum Gasteiger partial charge on any atom is -0.488 e. The van der Waals surface area contributed by atoms with Crippen LogP contribution in [0.5, 0.6) is 5.75 Å². The van der Waals surface area contributed by atoms with Gasteiger partial charge in [-0.15, -0.1) is 0 Å². The zero-order valence-electron chi connectivity index (χ0n) is 14.7. The van der Waals surface area contributed by atoms with Gasteiger partial charge in [-0.3, -0.25) is 4.79 Å². The second-order valence-electron chi connectivity index (χ2n) is 5.86. The van der Waals surface area contributed by atoms with E-state index >= 15 is 0 Å². The van der Waals surface area contributed by atoms with E-state index in [4.69, 9.17) is 27.9 Å². The van der Waals surface area contributed by atoms with Gasteiger partial charge in [0.1, 0.15) is 12.4 Å². The van der Waals surface area contributed by atoms with Crippen LogP contribution in [-0.4, -0.2) is 18.2 Å². The van der Waals surface area contributed by atoms with Crippen molar-refractivity contribution >= 4 is 78.4 Å². The van der Waals surface area contributed by atoms with Crippen molar-refractivity contribution in [2.45, 2.75) is 6.92 Å². The Morgan fingerprint density at radius 2 is 1.96 bits per heavy atom. The number of hydrogen-bond donors (Lipinski definition) is 0. The van der Waals surface area contributed by atoms with E-state index in [1.54, 1.807) is 37.3 Å². The second-order valence-corrected chi connectivity index (χ2v) is 8.45. The van der Waals surface area contributed by atoms with E-state index < -0.39 is 0 Å². The quantitative estimate of drug-likeness (QED) is 0.304. The Balaban J connectivity index is 2.02. The number of rotatable bonds is 5. The Kier molecular flexibility index (Phi) is 6.65. The maximum Gasteiger partial charge on any atom is 0.280 e. The summed E-state index contributed by atoms with van der Waals surface area (Å²) in [5.41, 5.74) is 2.32. The Morgan fingerprint density at radius 3 is 2.64 bits per heavy atom. The summed E-state index contributed by atoms with van der Waals surface area (Å²) in [6, 6.07) is 8.68. The first kappa shape index (κ1) is 21.1. The number of carbonyl (C=O) groups excluding carboxylic acids is 1. The van der Waals surface area contributed by atoms with E-state index in [9.17, 15) is 4.79 Å². The Bertz CT molecular complexity index is 1040. The molecule has 2 aromatic carbocycles. The molecule has 0 radical (unpaired) electrons. The van der Waals surface area contributed by atoms with Gasteiger partial charge < -0.3 is 4.74 Å². The number of nitrogens with zero attached hydrogens (tertiary/aromatic N) is 2. The van der Waals surface area contributed by atoms with Crippen LogP contribution in [0.4, 0.5) is 5.69 Å². The molecule has 0 aromatic heterocycles. The van der Waals surface area contributed by atoms with Crippen LogP contribution < -0.4 is 9.75 Å². The summed E-state index contributed by atoms with van der Waals surface area (Å²) in [4.78, 5) is 13.0. The highest BCUT2D eigenvalue weighted by molar-refractivity contribution is 9.11. The van der Waals surface area contributed by atoms with Gasteiger partial charge in [-0.05, 0) is 59.3 Å². The number of hydrogen-bond acceptors (Lipinski definition) is 3. The molecule has 8 heteroatoms. The highest BCUT2D eigenvalue weighted by atomic mass is 79.9. The third kappa shape index (κ3) is 4.35. The molecule has 144 valence electrons. The lowest BCUT2D eigenvalue weighted by atomic mass is 10.1. The molecule has 1 aliphatic heterocycles. The molecule has 0 saturated heterocycles. The van der Waals surface area contributed by atoms with E-state index in [-0.39, 0.29) is 5.91 Å². The van der Waals surface area contributed by atoms with Gasteiger partial charge in [0, 0.05) is 10.0 Å². The maximum absolute atomic E-state index is 13.0. The van der Waals surface area contributed by atoms with Crippen molar-refractivity contribution in [1.82, 2.24) is 0 Å². The van der Waals surface area contributed by atoms with Crippen molar-refractivity contribution in [3.8, 4) is 5.75 Å². The number of anilines is 1. The molecule has 1 heterocycles. The van der Waals surface area contributed by atoms with Gasteiger partial charge >= 0.3 is 0 Å². The van der Waals surface area contributed by atoms with Gasteiger partial charge in [-0.1, -0.05) is 51.8 Å². The minimum atomic E-state index is -0.262. The molecular weight excluding hydrogens is 531 g/mol. The van der Waals surface area contributed by atoms with E-state index in [1.807, 2.05) is 12.1 Å². The number of carbonyl (C=O) groups is 1. The summed E-state index contributed by atoms with van der Waals surface area (Å²) < 4.78 is 7.37. The first-order valence-electron chi connectivity index (χ1n) is 8.11. The molecular formula is C20H14Br2Cl2N2O2. The summed E-state index contributed by atoms with van der Waals surface area (Å²) >= 11 is 19.0. The Labute approximate surface area is 189 Å². The Morgan fingerprint density at radius 1 is 1.21 bits per heavy atom. The average Bonchev–Trinajstić information content (AvgIpc) is 2.91. The predicted octanol–water partition coefficient (Wildman–Crippen LogP) is 6.89. The van der Waals surface area contributed by atoms with Crippen molar-refractivity contribution in [1.29, 1.82) is 0 Å². The van der Waals surface area contributed by atoms with Crippen LogP contribution in [0, 0.1) is 0 Å². The molecule has 0 unspecified atom stereocenters. The number of halogens is 4. The average molecular weight is 545 g/mol. The minimum absolute atomic E-state index is 0.262. The fourth-order valence-electron chi connectivity index (χ4n) is 2.61. The molecule has 0 fully saturated rings. The second kappa shape index (κ2) is 8.82. The zero-order valence-corrected chi connectivity index (χ0v) is 19.4. The van der Waals surface area contributed by atoms with Crippen LogP contribution in [0.3, 0.4) is 0 Å². The summed E-state index contributed by atoms with van der Waals surface area (Å²) in [5.74, 6) is 0.353. The predicted molar refractivity (Wildman–Crippen MR) is 123 cm³/mol. The fraction of sp³-hybridized carbons (Fsp3) is 0.100. The molecule has 4 nitrogen and oxygen atoms in total. The number of hydrazone groups is 1. The number of benzene rings is 2. The van der Waals surface area contributed by atoms with Gasteiger partial charge in [0.15, 0.2) is 0 Å². The molecule has 28 heavy (non-hydrogen) atoms. The lowest BCUT2D eigenvalue weighted by Gasteiger charge is -2.13. The van der Waals surface area contributed by atoms with Crippen molar-refractivity contribution in [3.05, 3.63) is 73.1 Å². The van der Waals surface area contributed by atoms with Gasteiger partial charge in [0.2, 0.25) is 0 Å². The first-order valence-corrected chi connectivity index (χ1v) is 10.5. The van der Waals surface area contributed by atoms with Gasteiger partial charge in [0.25, 0.3) is 5.91 Å². The third-order valence-electron chi connectivity index (χ3n) is 3.89. The molecule has 1 aliphatic rings. The summed E-state index contributed by atoms with van der Waals surface area (Å²) in [6.07, 6.45) is 3.41. The van der Waals surface area contributed by atoms with Crippen molar-refractivity contribution < 1.29 is 9.53 Å². The van der Waals surface area contributed by atoms with Gasteiger partial charge in [0.05, 0.1) is 31.5 Å². The first-order chi connectivity index (χ1) is 13.3. The molecule has 0 atom stereocenters. The molecule has 2 aromatic rings. The fourth-order valence-corrected chi connectivity index (χ4v) is 4.28. The van der Waals surface area contributed by atoms with E-state index in [2.05, 4.69) is 43.5 Å². The highest BCUT2D eigenvalue weighted by Crippen LogP contribution is 2.36. The lowest BCUT2D eigenvalue weighted by molar-refractivity contribution is -0.114. The van der Waals surface area contributed by atoms with Crippen LogP contribution in [0.1, 0.15) is 12.5 Å². The van der Waals surface area contributed by atoms with E-state index in [1.165, 1.54) is 5.01 Å². The van der Waals surface area contributed by atoms with Crippen molar-refractivity contribution in [2.75, 3.05) is 11.6 Å². The topological polar surface area (TPSA) is 41.9 Å². The zero-order chi connectivity index (χ0) is 20.4. The maximum atomic E-state index is 13.0. The summed E-state index contributed by atoms with van der Waals surface area (Å²) in [6.45, 7) is 5.79. The third-order valence-corrected chi connectivity index (χ3v) is 5.68. The monoisotopic (exact) mass is 542 g/mol. The molecule has 1 amide bonds. The van der Waals surface area contributed by atoms with Gasteiger partial charge in [-0.2, -0.15) is 10.1 Å². The summed E-state index contributed by atoms with van der Waals surface area (Å²) in [7, 11) is 0. The molecule has 3 rings (SSSR count). The lowest BCUT2D eigenvalue weighted by Crippen LogP contribution is -2.21. The smallest absolute Gasteiger partial charge is 0.280 e. The van der Waals surface area contributed by atoms with Crippen LogP contribution in [0.15, 0.2) is 62.6 Å². The normalized spacial score (nSPS) is 15.2. The number of ether oxygens (including phenoxy) is 1. The molecule has 0 aliphatic carbocycles. The van der Waals surface area contributed by atoms with Gasteiger partial charge in [-0.25, -0.2) is 0 Å². The largest absolute Gasteiger partial charge is 0.488 e. The highest BCUT2D eigenvalue weighted by Gasteiger charge is 2.29. The molecule has 0 N–H and O–H groups in total. The number of amides is 1. The molecule has 0 spiro atoms. The van der Waals surface area contributed by atoms with Crippen molar-refractivity contribution in [3.63, 3.8) is 0 Å². The van der Waals surface area contributed by atoms with Crippen LogP contribution in [0.2, 0.25) is 10.0 Å². The Hall–Kier alpha value is -1.60. The van der Waals surface area contributed by atoms with Crippen molar-refractivity contribution in [2.24, 2.45) is 5.10 Å². The van der Waals surface area contributed by atoms with E-state index in [0.29, 0.717) is 39.4 Å². The molecule has 0 bridgehead atoms. The van der Waals surface area contributed by atoms with Crippen LogP contribution in [0.25, 0.3) is 6.08 Å². The summed E-state index contributed by atoms with van der Waals surface area (Å²) in [5, 5.41) is 6.45. The standard InChI is InChI=1S/C20H14Br2Cl2N2O2/c1-3-6-28-19-12(7-13(21)9-16(19)22)8-15-11(2)25-26(20(15)27)14-4-5-17(23)18(24)10-14/h3-5,7-10H,1,6H2,2H3/b15-8-. The molecule has 0 saturated carbocycles. The van der Waals surface area contributed by atoms with Crippen LogP contribution in [-0.2, 0) is 4.79 Å². The SMILES string of the molecule is C=CCOc1c(Br)cc(Br)cc1/C=C1\C(=O)N(c2ccc(Cl)c(Cl)c2)N=C1C.